The van der Waals surface area contributed by atoms with Gasteiger partial charge in [-0.15, -0.1) is 0 Å². The molecular weight excluding hydrogens is 203 g/mol. The molecule has 0 amide bonds. The van der Waals surface area contributed by atoms with Crippen molar-refractivity contribution in [3.05, 3.63) is 35.6 Å². The van der Waals surface area contributed by atoms with Crippen LogP contribution in [-0.2, 0) is 6.54 Å². The van der Waals surface area contributed by atoms with Gasteiger partial charge in [-0.25, -0.2) is 4.39 Å². The van der Waals surface area contributed by atoms with Gasteiger partial charge in [-0.3, -0.25) is 0 Å². The summed E-state index contributed by atoms with van der Waals surface area (Å²) in [5, 5.41) is 3.25. The van der Waals surface area contributed by atoms with E-state index in [0.717, 1.165) is 18.5 Å². The van der Waals surface area contributed by atoms with Gasteiger partial charge in [0.15, 0.2) is 0 Å². The number of halogens is 1. The molecule has 0 heterocycles. The van der Waals surface area contributed by atoms with Crippen LogP contribution >= 0.6 is 0 Å². The summed E-state index contributed by atoms with van der Waals surface area (Å²) in [4.78, 5) is 2.14. The van der Waals surface area contributed by atoms with Gasteiger partial charge in [-0.2, -0.15) is 0 Å². The van der Waals surface area contributed by atoms with Crippen molar-refractivity contribution in [1.29, 1.82) is 0 Å². The third-order valence-corrected chi connectivity index (χ3v) is 2.83. The molecule has 1 aromatic rings. The van der Waals surface area contributed by atoms with Crippen LogP contribution in [0.15, 0.2) is 24.3 Å². The molecule has 0 aromatic heterocycles. The summed E-state index contributed by atoms with van der Waals surface area (Å²) < 4.78 is 13.4. The predicted molar refractivity (Wildman–Crippen MR) is 65.9 cm³/mol. The zero-order valence-corrected chi connectivity index (χ0v) is 10.3. The van der Waals surface area contributed by atoms with Gasteiger partial charge in [-0.05, 0) is 26.6 Å². The highest BCUT2D eigenvalue weighted by atomic mass is 19.1. The van der Waals surface area contributed by atoms with Crippen LogP contribution in [0.4, 0.5) is 4.39 Å². The van der Waals surface area contributed by atoms with Gasteiger partial charge in [0.2, 0.25) is 0 Å². The molecular formula is C13H21FN2. The van der Waals surface area contributed by atoms with E-state index < -0.39 is 0 Å². The van der Waals surface area contributed by atoms with E-state index >= 15 is 0 Å². The maximum absolute atomic E-state index is 13.4. The average Bonchev–Trinajstić information content (AvgIpc) is 2.29. The first-order chi connectivity index (χ1) is 7.67. The molecule has 90 valence electrons. The normalized spacial score (nSPS) is 13.1. The molecule has 0 radical (unpaired) electrons. The quantitative estimate of drug-likeness (QED) is 0.797. The van der Waals surface area contributed by atoms with Crippen LogP contribution < -0.4 is 5.32 Å². The van der Waals surface area contributed by atoms with Crippen molar-refractivity contribution in [3.63, 3.8) is 0 Å². The molecule has 0 aliphatic carbocycles. The van der Waals surface area contributed by atoms with Crippen molar-refractivity contribution in [2.75, 3.05) is 20.6 Å². The second-order valence-corrected chi connectivity index (χ2v) is 4.18. The van der Waals surface area contributed by atoms with E-state index in [0.29, 0.717) is 12.6 Å². The van der Waals surface area contributed by atoms with Crippen molar-refractivity contribution >= 4 is 0 Å². The molecule has 1 N–H and O–H groups in total. The Morgan fingerprint density at radius 1 is 1.38 bits per heavy atom. The molecule has 1 atom stereocenters. The Bertz CT molecular complexity index is 311. The third kappa shape index (κ3) is 3.91. The SMILES string of the molecule is CCC(CN(C)Cc1ccccc1F)NC. The van der Waals surface area contributed by atoms with Gasteiger partial charge in [0, 0.05) is 24.7 Å². The van der Waals surface area contributed by atoms with Crippen LogP contribution in [0.1, 0.15) is 18.9 Å². The lowest BCUT2D eigenvalue weighted by molar-refractivity contribution is 0.280. The Hall–Kier alpha value is -0.930. The summed E-state index contributed by atoms with van der Waals surface area (Å²) in [6, 6.07) is 7.42. The summed E-state index contributed by atoms with van der Waals surface area (Å²) in [6.07, 6.45) is 1.08. The Balaban J connectivity index is 2.51. The van der Waals surface area contributed by atoms with Crippen LogP contribution in [0.3, 0.4) is 0 Å². The largest absolute Gasteiger partial charge is 0.316 e. The Morgan fingerprint density at radius 3 is 2.62 bits per heavy atom. The smallest absolute Gasteiger partial charge is 0.127 e. The first kappa shape index (κ1) is 13.1. The zero-order valence-electron chi connectivity index (χ0n) is 10.3. The first-order valence-electron chi connectivity index (χ1n) is 5.76. The van der Waals surface area contributed by atoms with Crippen molar-refractivity contribution < 1.29 is 4.39 Å². The number of rotatable bonds is 6. The number of nitrogens with zero attached hydrogens (tertiary/aromatic N) is 1. The lowest BCUT2D eigenvalue weighted by Crippen LogP contribution is -2.36. The number of likely N-dealkylation sites (N-methyl/N-ethyl adjacent to an activating group) is 2. The third-order valence-electron chi connectivity index (χ3n) is 2.83. The molecule has 0 bridgehead atoms. The van der Waals surface area contributed by atoms with Crippen LogP contribution in [0.5, 0.6) is 0 Å². The minimum absolute atomic E-state index is 0.119. The zero-order chi connectivity index (χ0) is 12.0. The molecule has 16 heavy (non-hydrogen) atoms. The summed E-state index contributed by atoms with van der Waals surface area (Å²) >= 11 is 0. The second kappa shape index (κ2) is 6.61. The van der Waals surface area contributed by atoms with Gasteiger partial charge in [0.05, 0.1) is 0 Å². The predicted octanol–water partition coefficient (Wildman–Crippen LogP) is 2.26. The summed E-state index contributed by atoms with van der Waals surface area (Å²) in [5.74, 6) is -0.119. The monoisotopic (exact) mass is 224 g/mol. The fourth-order valence-electron chi connectivity index (χ4n) is 1.78. The van der Waals surface area contributed by atoms with Crippen molar-refractivity contribution in [2.45, 2.75) is 25.9 Å². The van der Waals surface area contributed by atoms with E-state index in [-0.39, 0.29) is 5.82 Å². The standard InChI is InChI=1S/C13H21FN2/c1-4-12(15-2)10-16(3)9-11-7-5-6-8-13(11)14/h5-8,12,15H,4,9-10H2,1-3H3. The first-order valence-corrected chi connectivity index (χ1v) is 5.76. The topological polar surface area (TPSA) is 15.3 Å². The van der Waals surface area contributed by atoms with Gasteiger partial charge in [0.1, 0.15) is 5.82 Å². The fraction of sp³-hybridized carbons (Fsp3) is 0.538. The molecule has 0 spiro atoms. The van der Waals surface area contributed by atoms with Gasteiger partial charge < -0.3 is 10.2 Å². The van der Waals surface area contributed by atoms with Gasteiger partial charge >= 0.3 is 0 Å². The van der Waals surface area contributed by atoms with E-state index in [1.54, 1.807) is 6.07 Å². The van der Waals surface area contributed by atoms with Gasteiger partial charge in [-0.1, -0.05) is 25.1 Å². The summed E-state index contributed by atoms with van der Waals surface area (Å²) in [5.41, 5.74) is 0.760. The maximum atomic E-state index is 13.4. The number of hydrogen-bond donors (Lipinski definition) is 1. The highest BCUT2D eigenvalue weighted by Crippen LogP contribution is 2.09. The lowest BCUT2D eigenvalue weighted by Gasteiger charge is -2.23. The van der Waals surface area contributed by atoms with E-state index in [4.69, 9.17) is 0 Å². The number of benzene rings is 1. The van der Waals surface area contributed by atoms with Crippen molar-refractivity contribution in [3.8, 4) is 0 Å². The highest BCUT2D eigenvalue weighted by Gasteiger charge is 2.09. The minimum atomic E-state index is -0.119. The molecule has 2 nitrogen and oxygen atoms in total. The number of nitrogens with one attached hydrogen (secondary N) is 1. The van der Waals surface area contributed by atoms with E-state index in [2.05, 4.69) is 17.1 Å². The highest BCUT2D eigenvalue weighted by molar-refractivity contribution is 5.16. The molecule has 0 fully saturated rings. The van der Waals surface area contributed by atoms with Crippen LogP contribution in [0, 0.1) is 5.82 Å². The van der Waals surface area contributed by atoms with E-state index in [1.165, 1.54) is 6.07 Å². The molecule has 1 unspecified atom stereocenters. The Morgan fingerprint density at radius 2 is 2.06 bits per heavy atom. The van der Waals surface area contributed by atoms with Gasteiger partial charge in [0.25, 0.3) is 0 Å². The molecule has 0 aliphatic heterocycles. The maximum Gasteiger partial charge on any atom is 0.127 e. The molecule has 3 heteroatoms. The molecule has 1 rings (SSSR count). The van der Waals surface area contributed by atoms with Crippen LogP contribution in [0.25, 0.3) is 0 Å². The van der Waals surface area contributed by atoms with Crippen LogP contribution in [-0.4, -0.2) is 31.6 Å². The van der Waals surface area contributed by atoms with Crippen LogP contribution in [0.2, 0.25) is 0 Å². The second-order valence-electron chi connectivity index (χ2n) is 4.18. The molecule has 0 saturated heterocycles. The molecule has 0 saturated carbocycles. The van der Waals surface area contributed by atoms with E-state index in [9.17, 15) is 4.39 Å². The summed E-state index contributed by atoms with van der Waals surface area (Å²) in [7, 11) is 3.98. The van der Waals surface area contributed by atoms with Crippen molar-refractivity contribution in [1.82, 2.24) is 10.2 Å². The Labute approximate surface area is 97.5 Å². The average molecular weight is 224 g/mol. The fourth-order valence-corrected chi connectivity index (χ4v) is 1.78. The van der Waals surface area contributed by atoms with E-state index in [1.807, 2.05) is 26.2 Å². The lowest BCUT2D eigenvalue weighted by atomic mass is 10.1. The molecule has 1 aromatic carbocycles. The minimum Gasteiger partial charge on any atom is -0.316 e. The molecule has 0 aliphatic rings. The Kier molecular flexibility index (Phi) is 5.43. The number of hydrogen-bond acceptors (Lipinski definition) is 2. The summed E-state index contributed by atoms with van der Waals surface area (Å²) in [6.45, 7) is 3.74. The van der Waals surface area contributed by atoms with Crippen molar-refractivity contribution in [2.24, 2.45) is 0 Å².